The minimum absolute atomic E-state index is 0.0603. The number of hydrogen-bond acceptors (Lipinski definition) is 3. The van der Waals surface area contributed by atoms with Crippen LogP contribution in [0.5, 0.6) is 17.2 Å². The number of phenols is 1. The van der Waals surface area contributed by atoms with Crippen LogP contribution in [0.2, 0.25) is 0 Å². The summed E-state index contributed by atoms with van der Waals surface area (Å²) in [6, 6.07) is 15.4. The van der Waals surface area contributed by atoms with Crippen molar-refractivity contribution in [2.75, 3.05) is 0 Å². The van der Waals surface area contributed by atoms with Gasteiger partial charge in [0.2, 0.25) is 0 Å². The fraction of sp³-hybridized carbons (Fsp3) is 0.227. The molecule has 0 spiro atoms. The summed E-state index contributed by atoms with van der Waals surface area (Å²) in [5.74, 6) is 1.79. The van der Waals surface area contributed by atoms with Gasteiger partial charge in [0, 0.05) is 28.9 Å². The fourth-order valence-corrected chi connectivity index (χ4v) is 4.13. The third-order valence-electron chi connectivity index (χ3n) is 4.50. The van der Waals surface area contributed by atoms with E-state index in [-0.39, 0.29) is 11.8 Å². The van der Waals surface area contributed by atoms with Crippen LogP contribution in [0.15, 0.2) is 63.7 Å². The van der Waals surface area contributed by atoms with E-state index in [0.717, 1.165) is 25.8 Å². The molecule has 1 atom stereocenters. The van der Waals surface area contributed by atoms with Gasteiger partial charge in [-0.3, -0.25) is 4.98 Å². The van der Waals surface area contributed by atoms with E-state index in [1.165, 1.54) is 0 Å². The first-order chi connectivity index (χ1) is 12.9. The Balaban J connectivity index is 2.09. The second-order valence-electron chi connectivity index (χ2n) is 6.73. The number of halogens is 2. The maximum Gasteiger partial charge on any atom is 0.155 e. The Morgan fingerprint density at radius 2 is 1.59 bits per heavy atom. The molecule has 1 N–H and O–H groups in total. The van der Waals surface area contributed by atoms with Gasteiger partial charge in [0.15, 0.2) is 5.75 Å². The number of aromatic hydroxyl groups is 1. The minimum atomic E-state index is -0.0603. The number of rotatable bonds is 5. The van der Waals surface area contributed by atoms with Crippen LogP contribution in [0.1, 0.15) is 49.4 Å². The van der Waals surface area contributed by atoms with Crippen LogP contribution in [-0.4, -0.2) is 10.1 Å². The monoisotopic (exact) mass is 489 g/mol. The third kappa shape index (κ3) is 4.36. The fourth-order valence-electron chi connectivity index (χ4n) is 2.97. The molecular weight excluding hydrogens is 470 g/mol. The van der Waals surface area contributed by atoms with Crippen LogP contribution in [0.4, 0.5) is 0 Å². The van der Waals surface area contributed by atoms with E-state index in [1.807, 2.05) is 55.5 Å². The molecular formula is C22H21Br2NO2. The van der Waals surface area contributed by atoms with Crippen molar-refractivity contribution in [1.29, 1.82) is 0 Å². The standard InChI is InChI=1S/C22H21Br2NO2/c1-13(2)16-11-15(27-22-18(23)7-6-8-19(22)24)12-17(21(16)26)14(3)20-9-4-5-10-25-20/h4-14,26H,1-3H3. The van der Waals surface area contributed by atoms with E-state index < -0.39 is 0 Å². The van der Waals surface area contributed by atoms with E-state index in [0.29, 0.717) is 17.2 Å². The molecule has 3 aromatic rings. The van der Waals surface area contributed by atoms with Gasteiger partial charge in [-0.15, -0.1) is 0 Å². The zero-order valence-electron chi connectivity index (χ0n) is 15.4. The molecule has 0 fully saturated rings. The minimum Gasteiger partial charge on any atom is -0.507 e. The van der Waals surface area contributed by atoms with E-state index in [4.69, 9.17) is 4.74 Å². The maximum atomic E-state index is 10.9. The predicted octanol–water partition coefficient (Wildman–Crippen LogP) is 7.38. The highest BCUT2D eigenvalue weighted by Crippen LogP contribution is 2.42. The van der Waals surface area contributed by atoms with Crippen LogP contribution in [0.3, 0.4) is 0 Å². The predicted molar refractivity (Wildman–Crippen MR) is 116 cm³/mol. The second kappa shape index (κ2) is 8.44. The molecule has 140 valence electrons. The number of aromatic nitrogens is 1. The van der Waals surface area contributed by atoms with Gasteiger partial charge in [-0.1, -0.05) is 32.9 Å². The number of para-hydroxylation sites is 1. The van der Waals surface area contributed by atoms with E-state index in [9.17, 15) is 5.11 Å². The van der Waals surface area contributed by atoms with Crippen molar-refractivity contribution >= 4 is 31.9 Å². The molecule has 0 aliphatic heterocycles. The first-order valence-corrected chi connectivity index (χ1v) is 10.4. The Bertz CT molecular complexity index is 922. The average Bonchev–Trinajstić information content (AvgIpc) is 2.65. The summed E-state index contributed by atoms with van der Waals surface area (Å²) >= 11 is 7.07. The normalized spacial score (nSPS) is 12.2. The maximum absolute atomic E-state index is 10.9. The van der Waals surface area contributed by atoms with E-state index in [2.05, 4.69) is 50.7 Å². The summed E-state index contributed by atoms with van der Waals surface area (Å²) in [5.41, 5.74) is 2.56. The van der Waals surface area contributed by atoms with Crippen LogP contribution >= 0.6 is 31.9 Å². The lowest BCUT2D eigenvalue weighted by Gasteiger charge is -2.20. The number of hydrogen-bond donors (Lipinski definition) is 1. The largest absolute Gasteiger partial charge is 0.507 e. The molecule has 3 nitrogen and oxygen atoms in total. The van der Waals surface area contributed by atoms with Crippen LogP contribution in [0, 0.1) is 0 Å². The molecule has 0 radical (unpaired) electrons. The lowest BCUT2D eigenvalue weighted by atomic mass is 9.90. The van der Waals surface area contributed by atoms with Gasteiger partial charge in [-0.05, 0) is 74.2 Å². The molecule has 0 saturated heterocycles. The molecule has 0 saturated carbocycles. The molecule has 1 heterocycles. The topological polar surface area (TPSA) is 42.4 Å². The lowest BCUT2D eigenvalue weighted by Crippen LogP contribution is -2.02. The summed E-state index contributed by atoms with van der Waals surface area (Å²) in [6.07, 6.45) is 1.77. The van der Waals surface area contributed by atoms with Crippen molar-refractivity contribution in [2.24, 2.45) is 0 Å². The molecule has 0 aliphatic rings. The smallest absolute Gasteiger partial charge is 0.155 e. The Morgan fingerprint density at radius 3 is 2.19 bits per heavy atom. The van der Waals surface area contributed by atoms with Crippen molar-refractivity contribution in [3.63, 3.8) is 0 Å². The highest BCUT2D eigenvalue weighted by Gasteiger charge is 2.20. The molecule has 1 aromatic heterocycles. The Kier molecular flexibility index (Phi) is 6.22. The lowest BCUT2D eigenvalue weighted by molar-refractivity contribution is 0.444. The van der Waals surface area contributed by atoms with Crippen molar-refractivity contribution in [3.8, 4) is 17.2 Å². The van der Waals surface area contributed by atoms with Crippen LogP contribution in [-0.2, 0) is 0 Å². The molecule has 5 heteroatoms. The van der Waals surface area contributed by atoms with Crippen molar-refractivity contribution in [1.82, 2.24) is 4.98 Å². The molecule has 0 bridgehead atoms. The quantitative estimate of drug-likeness (QED) is 0.405. The van der Waals surface area contributed by atoms with Crippen LogP contribution < -0.4 is 4.74 Å². The second-order valence-corrected chi connectivity index (χ2v) is 8.44. The Morgan fingerprint density at radius 1 is 0.926 bits per heavy atom. The van der Waals surface area contributed by atoms with Gasteiger partial charge < -0.3 is 9.84 Å². The highest BCUT2D eigenvalue weighted by atomic mass is 79.9. The van der Waals surface area contributed by atoms with Gasteiger partial charge in [-0.2, -0.15) is 0 Å². The molecule has 0 aliphatic carbocycles. The highest BCUT2D eigenvalue weighted by molar-refractivity contribution is 9.11. The molecule has 3 rings (SSSR count). The van der Waals surface area contributed by atoms with E-state index in [1.54, 1.807) is 6.20 Å². The molecule has 27 heavy (non-hydrogen) atoms. The van der Waals surface area contributed by atoms with Gasteiger partial charge in [0.05, 0.1) is 8.95 Å². The van der Waals surface area contributed by atoms with Gasteiger partial charge in [0.25, 0.3) is 0 Å². The summed E-state index contributed by atoms with van der Waals surface area (Å²) < 4.78 is 7.90. The average molecular weight is 491 g/mol. The number of pyridine rings is 1. The summed E-state index contributed by atoms with van der Waals surface area (Å²) in [5, 5.41) is 10.9. The zero-order chi connectivity index (χ0) is 19.6. The van der Waals surface area contributed by atoms with Crippen molar-refractivity contribution in [2.45, 2.75) is 32.6 Å². The summed E-state index contributed by atoms with van der Waals surface area (Å²) in [4.78, 5) is 4.45. The Labute approximate surface area is 176 Å². The van der Waals surface area contributed by atoms with Crippen LogP contribution in [0.25, 0.3) is 0 Å². The first kappa shape index (κ1) is 19.9. The van der Waals surface area contributed by atoms with Gasteiger partial charge >= 0.3 is 0 Å². The number of benzene rings is 2. The molecule has 2 aromatic carbocycles. The summed E-state index contributed by atoms with van der Waals surface area (Å²) in [6.45, 7) is 6.16. The number of ether oxygens (including phenoxy) is 1. The first-order valence-electron chi connectivity index (χ1n) is 8.78. The van der Waals surface area contributed by atoms with Gasteiger partial charge in [0.1, 0.15) is 11.5 Å². The number of phenolic OH excluding ortho intramolecular Hbond substituents is 1. The number of nitrogens with zero attached hydrogens (tertiary/aromatic N) is 1. The zero-order valence-corrected chi connectivity index (χ0v) is 18.6. The summed E-state index contributed by atoms with van der Waals surface area (Å²) in [7, 11) is 0. The van der Waals surface area contributed by atoms with Crippen molar-refractivity contribution in [3.05, 3.63) is 80.5 Å². The SMILES string of the molecule is CC(C)c1cc(Oc2c(Br)cccc2Br)cc(C(C)c2ccccn2)c1O. The van der Waals surface area contributed by atoms with E-state index >= 15 is 0 Å². The van der Waals surface area contributed by atoms with Gasteiger partial charge in [-0.25, -0.2) is 0 Å². The molecule has 0 amide bonds. The van der Waals surface area contributed by atoms with Crippen molar-refractivity contribution < 1.29 is 9.84 Å². The molecule has 1 unspecified atom stereocenters. The Hall–Kier alpha value is -1.85. The third-order valence-corrected chi connectivity index (χ3v) is 5.75.